The van der Waals surface area contributed by atoms with E-state index in [1.54, 1.807) is 19.1 Å². The van der Waals surface area contributed by atoms with Gasteiger partial charge in [-0.25, -0.2) is 4.39 Å². The molecule has 0 saturated carbocycles. The van der Waals surface area contributed by atoms with Crippen LogP contribution in [0.15, 0.2) is 23.4 Å². The summed E-state index contributed by atoms with van der Waals surface area (Å²) in [5.74, 6) is -0.564. The van der Waals surface area contributed by atoms with E-state index in [1.807, 2.05) is 6.92 Å². The molecule has 1 rings (SSSR count). The van der Waals surface area contributed by atoms with E-state index in [2.05, 4.69) is 10.5 Å². The standard InChI is InChI=1S/C14H22FN3O2/c1-3-6-14(2,19)9-17-8-11-5-4-10(7-12(11)15)13(16)18-20/h4-5,7,17,19-20H,3,6,8-9H2,1-2H3,(H2,16,18). The fourth-order valence-corrected chi connectivity index (χ4v) is 2.00. The molecule has 0 spiro atoms. The number of nitrogens with zero attached hydrogens (tertiary/aromatic N) is 1. The summed E-state index contributed by atoms with van der Waals surface area (Å²) in [5.41, 5.74) is 5.39. The van der Waals surface area contributed by atoms with Gasteiger partial charge in [-0.05, 0) is 19.4 Å². The Labute approximate surface area is 118 Å². The van der Waals surface area contributed by atoms with Crippen molar-refractivity contribution in [1.29, 1.82) is 0 Å². The van der Waals surface area contributed by atoms with Gasteiger partial charge in [0.25, 0.3) is 0 Å². The minimum Gasteiger partial charge on any atom is -0.409 e. The molecule has 0 aliphatic carbocycles. The Morgan fingerprint density at radius 3 is 2.75 bits per heavy atom. The van der Waals surface area contributed by atoms with Crippen molar-refractivity contribution in [3.63, 3.8) is 0 Å². The van der Waals surface area contributed by atoms with E-state index in [4.69, 9.17) is 10.9 Å². The summed E-state index contributed by atoms with van der Waals surface area (Å²) in [6.07, 6.45) is 1.57. The number of benzene rings is 1. The molecular formula is C14H22FN3O2. The Morgan fingerprint density at radius 2 is 2.20 bits per heavy atom. The first-order valence-electron chi connectivity index (χ1n) is 6.59. The number of nitrogens with two attached hydrogens (primary N) is 1. The van der Waals surface area contributed by atoms with Crippen LogP contribution in [-0.4, -0.2) is 28.3 Å². The van der Waals surface area contributed by atoms with Gasteiger partial charge in [-0.3, -0.25) is 0 Å². The molecule has 5 nitrogen and oxygen atoms in total. The summed E-state index contributed by atoms with van der Waals surface area (Å²) >= 11 is 0. The van der Waals surface area contributed by atoms with E-state index >= 15 is 0 Å². The lowest BCUT2D eigenvalue weighted by atomic mass is 10.0. The Morgan fingerprint density at radius 1 is 1.50 bits per heavy atom. The maximum Gasteiger partial charge on any atom is 0.170 e. The summed E-state index contributed by atoms with van der Waals surface area (Å²) in [4.78, 5) is 0. The van der Waals surface area contributed by atoms with Crippen molar-refractivity contribution in [3.8, 4) is 0 Å². The van der Waals surface area contributed by atoms with Crippen LogP contribution in [0.1, 0.15) is 37.8 Å². The molecule has 1 aromatic rings. The molecular weight excluding hydrogens is 261 g/mol. The Hall–Kier alpha value is -1.66. The summed E-state index contributed by atoms with van der Waals surface area (Å²) < 4.78 is 13.8. The maximum absolute atomic E-state index is 13.8. The van der Waals surface area contributed by atoms with Crippen LogP contribution in [0.2, 0.25) is 0 Å². The number of nitrogens with one attached hydrogen (secondary N) is 1. The van der Waals surface area contributed by atoms with E-state index < -0.39 is 11.4 Å². The number of hydrogen-bond donors (Lipinski definition) is 4. The molecule has 6 heteroatoms. The summed E-state index contributed by atoms with van der Waals surface area (Å²) in [6.45, 7) is 4.45. The second-order valence-electron chi connectivity index (χ2n) is 5.14. The molecule has 112 valence electrons. The van der Waals surface area contributed by atoms with Crippen molar-refractivity contribution in [1.82, 2.24) is 5.32 Å². The molecule has 0 bridgehead atoms. The van der Waals surface area contributed by atoms with Crippen molar-refractivity contribution in [2.75, 3.05) is 6.54 Å². The van der Waals surface area contributed by atoms with Gasteiger partial charge in [-0.1, -0.05) is 30.6 Å². The Bertz CT molecular complexity index is 475. The molecule has 0 fully saturated rings. The van der Waals surface area contributed by atoms with Gasteiger partial charge in [0, 0.05) is 24.2 Å². The highest BCUT2D eigenvalue weighted by atomic mass is 19.1. The highest BCUT2D eigenvalue weighted by Crippen LogP contribution is 2.13. The molecule has 0 amide bonds. The maximum atomic E-state index is 13.8. The molecule has 0 aliphatic rings. The number of oxime groups is 1. The minimum atomic E-state index is -0.793. The van der Waals surface area contributed by atoms with Gasteiger partial charge in [0.05, 0.1) is 5.60 Å². The average Bonchev–Trinajstić information content (AvgIpc) is 2.39. The van der Waals surface area contributed by atoms with Crippen LogP contribution in [0.5, 0.6) is 0 Å². The fourth-order valence-electron chi connectivity index (χ4n) is 2.00. The number of hydrogen-bond acceptors (Lipinski definition) is 4. The molecule has 1 unspecified atom stereocenters. The highest BCUT2D eigenvalue weighted by molar-refractivity contribution is 5.97. The SMILES string of the molecule is CCCC(C)(O)CNCc1ccc(/C(N)=N/O)cc1F. The molecule has 0 radical (unpaired) electrons. The topological polar surface area (TPSA) is 90.9 Å². The third-order valence-electron chi connectivity index (χ3n) is 3.07. The average molecular weight is 283 g/mol. The molecule has 0 aromatic heterocycles. The zero-order valence-electron chi connectivity index (χ0n) is 11.9. The van der Waals surface area contributed by atoms with E-state index in [9.17, 15) is 9.50 Å². The van der Waals surface area contributed by atoms with Crippen molar-refractivity contribution in [2.45, 2.75) is 38.8 Å². The molecule has 0 aliphatic heterocycles. The molecule has 0 heterocycles. The lowest BCUT2D eigenvalue weighted by molar-refractivity contribution is 0.0497. The number of aliphatic hydroxyl groups is 1. The largest absolute Gasteiger partial charge is 0.409 e. The normalized spacial score (nSPS) is 15.1. The fraction of sp³-hybridized carbons (Fsp3) is 0.500. The Balaban J connectivity index is 2.62. The molecule has 1 atom stereocenters. The predicted molar refractivity (Wildman–Crippen MR) is 76.1 cm³/mol. The molecule has 5 N–H and O–H groups in total. The third-order valence-corrected chi connectivity index (χ3v) is 3.07. The quantitative estimate of drug-likeness (QED) is 0.264. The number of halogens is 1. The van der Waals surface area contributed by atoms with Crippen LogP contribution in [0, 0.1) is 5.82 Å². The second-order valence-corrected chi connectivity index (χ2v) is 5.14. The summed E-state index contributed by atoms with van der Waals surface area (Å²) in [5, 5.41) is 24.4. The van der Waals surface area contributed by atoms with Gasteiger partial charge >= 0.3 is 0 Å². The summed E-state index contributed by atoms with van der Waals surface area (Å²) in [7, 11) is 0. The number of rotatable bonds is 7. The highest BCUT2D eigenvalue weighted by Gasteiger charge is 2.18. The van der Waals surface area contributed by atoms with Crippen molar-refractivity contribution < 1.29 is 14.7 Å². The van der Waals surface area contributed by atoms with E-state index in [0.29, 0.717) is 30.6 Å². The monoisotopic (exact) mass is 283 g/mol. The van der Waals surface area contributed by atoms with Crippen LogP contribution in [0.3, 0.4) is 0 Å². The van der Waals surface area contributed by atoms with Crippen molar-refractivity contribution in [3.05, 3.63) is 35.1 Å². The molecule has 20 heavy (non-hydrogen) atoms. The first-order valence-corrected chi connectivity index (χ1v) is 6.59. The van der Waals surface area contributed by atoms with E-state index in [-0.39, 0.29) is 5.84 Å². The van der Waals surface area contributed by atoms with E-state index in [1.165, 1.54) is 6.07 Å². The van der Waals surface area contributed by atoms with Gasteiger partial charge in [-0.2, -0.15) is 0 Å². The van der Waals surface area contributed by atoms with Gasteiger partial charge in [0.1, 0.15) is 5.82 Å². The smallest absolute Gasteiger partial charge is 0.170 e. The van der Waals surface area contributed by atoms with Gasteiger partial charge in [-0.15, -0.1) is 0 Å². The summed E-state index contributed by atoms with van der Waals surface area (Å²) in [6, 6.07) is 4.37. The van der Waals surface area contributed by atoms with Gasteiger partial charge < -0.3 is 21.4 Å². The first kappa shape index (κ1) is 16.4. The van der Waals surface area contributed by atoms with Crippen LogP contribution >= 0.6 is 0 Å². The minimum absolute atomic E-state index is 0.130. The second kappa shape index (κ2) is 7.21. The molecule has 0 saturated heterocycles. The zero-order valence-corrected chi connectivity index (χ0v) is 11.9. The number of amidine groups is 1. The van der Waals surface area contributed by atoms with Crippen LogP contribution in [0.4, 0.5) is 4.39 Å². The molecule has 1 aromatic carbocycles. The first-order chi connectivity index (χ1) is 9.39. The van der Waals surface area contributed by atoms with Crippen LogP contribution < -0.4 is 11.1 Å². The zero-order chi connectivity index (χ0) is 15.2. The third kappa shape index (κ3) is 4.79. The van der Waals surface area contributed by atoms with Crippen LogP contribution in [-0.2, 0) is 6.54 Å². The van der Waals surface area contributed by atoms with Crippen molar-refractivity contribution in [2.24, 2.45) is 10.9 Å². The Kier molecular flexibility index (Phi) is 5.91. The van der Waals surface area contributed by atoms with Gasteiger partial charge in [0.2, 0.25) is 0 Å². The van der Waals surface area contributed by atoms with Crippen molar-refractivity contribution >= 4 is 5.84 Å². The predicted octanol–water partition coefficient (Wildman–Crippen LogP) is 1.56. The van der Waals surface area contributed by atoms with Gasteiger partial charge in [0.15, 0.2) is 5.84 Å². The lowest BCUT2D eigenvalue weighted by Gasteiger charge is -2.23. The lowest BCUT2D eigenvalue weighted by Crippen LogP contribution is -2.37. The van der Waals surface area contributed by atoms with E-state index in [0.717, 1.165) is 6.42 Å². The van der Waals surface area contributed by atoms with Crippen LogP contribution in [0.25, 0.3) is 0 Å².